The molecule has 2 atom stereocenters. The molecule has 0 heterocycles. The molecular formula is C66H125NO8P+. The summed E-state index contributed by atoms with van der Waals surface area (Å²) in [5.41, 5.74) is 0. The van der Waals surface area contributed by atoms with Gasteiger partial charge >= 0.3 is 19.8 Å². The smallest absolute Gasteiger partial charge is 0.462 e. The zero-order valence-corrected chi connectivity index (χ0v) is 51.6. The lowest BCUT2D eigenvalue weighted by Crippen LogP contribution is -2.37. The maximum atomic E-state index is 12.8. The van der Waals surface area contributed by atoms with E-state index in [-0.39, 0.29) is 25.6 Å². The number of rotatable bonds is 60. The molecule has 0 aromatic rings. The minimum atomic E-state index is -4.38. The molecule has 0 aromatic heterocycles. The fourth-order valence-corrected chi connectivity index (χ4v) is 10.2. The quantitative estimate of drug-likeness (QED) is 0.0211. The van der Waals surface area contributed by atoms with E-state index in [9.17, 15) is 19.0 Å². The second-order valence-corrected chi connectivity index (χ2v) is 24.6. The number of nitrogens with zero attached hydrogens (tertiary/aromatic N) is 1. The van der Waals surface area contributed by atoms with Crippen molar-refractivity contribution in [1.29, 1.82) is 0 Å². The SMILES string of the molecule is CC/C=C\C/C=C\C/C=C\C/C=C\CCCCCCCCCCCCCCCCCCCCCCC(=O)OC(COC(=O)CCCCCCCCCCCCCCCCCCCCC)COP(=O)(O)OCC[N+](C)(C)C. The van der Waals surface area contributed by atoms with Crippen molar-refractivity contribution in [2.75, 3.05) is 47.5 Å². The minimum Gasteiger partial charge on any atom is -0.462 e. The first-order valence-electron chi connectivity index (χ1n) is 32.4. The van der Waals surface area contributed by atoms with E-state index < -0.39 is 26.5 Å². The highest BCUT2D eigenvalue weighted by Gasteiger charge is 2.27. The maximum absolute atomic E-state index is 12.8. The van der Waals surface area contributed by atoms with Crippen LogP contribution in [0, 0.1) is 0 Å². The van der Waals surface area contributed by atoms with Gasteiger partial charge in [0, 0.05) is 12.8 Å². The molecule has 0 saturated carbocycles. The summed E-state index contributed by atoms with van der Waals surface area (Å²) >= 11 is 0. The van der Waals surface area contributed by atoms with Crippen molar-refractivity contribution in [3.8, 4) is 0 Å². The van der Waals surface area contributed by atoms with Crippen molar-refractivity contribution >= 4 is 19.8 Å². The van der Waals surface area contributed by atoms with Gasteiger partial charge in [-0.1, -0.05) is 294 Å². The van der Waals surface area contributed by atoms with E-state index in [1.165, 1.54) is 218 Å². The first-order valence-corrected chi connectivity index (χ1v) is 33.9. The Morgan fingerprint density at radius 2 is 0.750 bits per heavy atom. The number of allylic oxidation sites excluding steroid dienone is 8. The molecular weight excluding hydrogens is 966 g/mol. The minimum absolute atomic E-state index is 0.0344. The number of esters is 2. The number of carbonyl (C=O) groups is 2. The third-order valence-electron chi connectivity index (χ3n) is 14.4. The van der Waals surface area contributed by atoms with Crippen molar-refractivity contribution in [3.05, 3.63) is 48.6 Å². The molecule has 2 unspecified atom stereocenters. The van der Waals surface area contributed by atoms with Crippen LogP contribution in [0.2, 0.25) is 0 Å². The first-order chi connectivity index (χ1) is 37.0. The lowest BCUT2D eigenvalue weighted by Gasteiger charge is -2.24. The Morgan fingerprint density at radius 3 is 1.12 bits per heavy atom. The number of quaternary nitrogens is 1. The predicted octanol–water partition coefficient (Wildman–Crippen LogP) is 20.5. The second kappa shape index (κ2) is 57.6. The Hall–Kier alpha value is -2.03. The summed E-state index contributed by atoms with van der Waals surface area (Å²) < 4.78 is 34.7. The van der Waals surface area contributed by atoms with Crippen LogP contribution in [0.15, 0.2) is 48.6 Å². The number of phosphoric ester groups is 1. The largest absolute Gasteiger partial charge is 0.472 e. The van der Waals surface area contributed by atoms with Crippen molar-refractivity contribution < 1.29 is 42.1 Å². The Morgan fingerprint density at radius 1 is 0.421 bits per heavy atom. The molecule has 10 heteroatoms. The van der Waals surface area contributed by atoms with E-state index in [0.29, 0.717) is 23.9 Å². The van der Waals surface area contributed by atoms with Crippen LogP contribution in [0.4, 0.5) is 0 Å². The summed E-state index contributed by atoms with van der Waals surface area (Å²) in [5, 5.41) is 0. The molecule has 0 aliphatic heterocycles. The van der Waals surface area contributed by atoms with Gasteiger partial charge in [0.1, 0.15) is 19.8 Å². The molecule has 1 N–H and O–H groups in total. The van der Waals surface area contributed by atoms with Crippen molar-refractivity contribution in [3.63, 3.8) is 0 Å². The summed E-state index contributed by atoms with van der Waals surface area (Å²) in [6, 6.07) is 0. The van der Waals surface area contributed by atoms with Crippen LogP contribution >= 0.6 is 7.82 Å². The molecule has 446 valence electrons. The highest BCUT2D eigenvalue weighted by Crippen LogP contribution is 2.43. The van der Waals surface area contributed by atoms with Crippen molar-refractivity contribution in [1.82, 2.24) is 0 Å². The van der Waals surface area contributed by atoms with E-state index in [1.807, 2.05) is 21.1 Å². The monoisotopic (exact) mass is 1090 g/mol. The van der Waals surface area contributed by atoms with Gasteiger partial charge in [0.2, 0.25) is 0 Å². The number of ether oxygens (including phenoxy) is 2. The van der Waals surface area contributed by atoms with Crippen LogP contribution in [0.25, 0.3) is 0 Å². The van der Waals surface area contributed by atoms with Crippen LogP contribution < -0.4 is 0 Å². The van der Waals surface area contributed by atoms with E-state index in [0.717, 1.165) is 57.8 Å². The number of likely N-dealkylation sites (N-methyl/N-ethyl adjacent to an activating group) is 1. The van der Waals surface area contributed by atoms with Gasteiger partial charge in [0.15, 0.2) is 6.10 Å². The Bertz CT molecular complexity index is 1420. The molecule has 0 aliphatic rings. The summed E-state index contributed by atoms with van der Waals surface area (Å²) in [7, 11) is 1.49. The zero-order valence-electron chi connectivity index (χ0n) is 50.8. The van der Waals surface area contributed by atoms with Crippen LogP contribution in [0.3, 0.4) is 0 Å². The van der Waals surface area contributed by atoms with E-state index in [2.05, 4.69) is 62.5 Å². The van der Waals surface area contributed by atoms with E-state index >= 15 is 0 Å². The zero-order chi connectivity index (χ0) is 55.6. The molecule has 0 aliphatic carbocycles. The van der Waals surface area contributed by atoms with Gasteiger partial charge in [-0.05, 0) is 51.4 Å². The van der Waals surface area contributed by atoms with Gasteiger partial charge in [-0.15, -0.1) is 0 Å². The number of phosphoric acid groups is 1. The molecule has 0 spiro atoms. The van der Waals surface area contributed by atoms with Crippen LogP contribution in [0.5, 0.6) is 0 Å². The number of unbranched alkanes of at least 4 members (excludes halogenated alkanes) is 38. The second-order valence-electron chi connectivity index (χ2n) is 23.1. The third kappa shape index (κ3) is 61.2. The topological polar surface area (TPSA) is 108 Å². The van der Waals surface area contributed by atoms with Gasteiger partial charge in [0.25, 0.3) is 0 Å². The highest BCUT2D eigenvalue weighted by atomic mass is 31.2. The van der Waals surface area contributed by atoms with E-state index in [1.54, 1.807) is 0 Å². The fraction of sp³-hybridized carbons (Fsp3) is 0.848. The fourth-order valence-electron chi connectivity index (χ4n) is 9.42. The number of carbonyl (C=O) groups excluding carboxylic acids is 2. The van der Waals surface area contributed by atoms with Crippen molar-refractivity contribution in [2.45, 2.75) is 315 Å². The number of hydrogen-bond donors (Lipinski definition) is 1. The van der Waals surface area contributed by atoms with Gasteiger partial charge in [-0.25, -0.2) is 4.57 Å². The first kappa shape index (κ1) is 74.0. The van der Waals surface area contributed by atoms with E-state index in [4.69, 9.17) is 18.5 Å². The molecule has 0 saturated heterocycles. The predicted molar refractivity (Wildman–Crippen MR) is 326 cm³/mol. The Labute approximate surface area is 471 Å². The molecule has 9 nitrogen and oxygen atoms in total. The van der Waals surface area contributed by atoms with Gasteiger partial charge < -0.3 is 18.9 Å². The lowest BCUT2D eigenvalue weighted by atomic mass is 10.0. The summed E-state index contributed by atoms with van der Waals surface area (Å²) in [5.74, 6) is -0.778. The molecule has 76 heavy (non-hydrogen) atoms. The Kier molecular flexibility index (Phi) is 56.1. The molecule has 0 bridgehead atoms. The Balaban J connectivity index is 4.00. The van der Waals surface area contributed by atoms with Crippen molar-refractivity contribution in [2.24, 2.45) is 0 Å². The van der Waals surface area contributed by atoms with Gasteiger partial charge in [0.05, 0.1) is 27.7 Å². The van der Waals surface area contributed by atoms with Crippen LogP contribution in [-0.2, 0) is 32.7 Å². The molecule has 0 radical (unpaired) electrons. The standard InChI is InChI=1S/C66H124NO8P/c1-6-8-10-12-14-16-18-20-22-24-26-27-28-29-30-31-32-33-34-35-36-37-38-39-41-43-45-47-49-51-53-55-57-59-66(69)75-64(63-74-76(70,71)73-61-60-67(3,4)5)62-72-65(68)58-56-54-52-50-48-46-44-42-40-25-23-21-19-17-15-13-11-9-7-2/h8,10,14,16,20,22,26-27,64H,6-7,9,11-13,15,17-19,21,23-25,28-63H2,1-5H3/p+1/b10-8-,16-14-,22-20-,27-26-. The molecule has 0 rings (SSSR count). The molecule has 0 amide bonds. The average molecular weight is 1090 g/mol. The average Bonchev–Trinajstić information content (AvgIpc) is 3.38. The van der Waals surface area contributed by atoms with Gasteiger partial charge in [-0.3, -0.25) is 18.6 Å². The van der Waals surface area contributed by atoms with Crippen LogP contribution in [0.1, 0.15) is 309 Å². The summed E-state index contributed by atoms with van der Waals surface area (Å²) in [6.45, 7) is 4.38. The highest BCUT2D eigenvalue weighted by molar-refractivity contribution is 7.47. The lowest BCUT2D eigenvalue weighted by molar-refractivity contribution is -0.870. The summed E-state index contributed by atoms with van der Waals surface area (Å²) in [6.07, 6.45) is 73.4. The maximum Gasteiger partial charge on any atom is 0.472 e. The van der Waals surface area contributed by atoms with Gasteiger partial charge in [-0.2, -0.15) is 0 Å². The third-order valence-corrected chi connectivity index (χ3v) is 15.4. The normalized spacial score (nSPS) is 13.5. The summed E-state index contributed by atoms with van der Waals surface area (Å²) in [4.78, 5) is 35.8. The molecule has 0 aromatic carbocycles. The van der Waals surface area contributed by atoms with Crippen LogP contribution in [-0.4, -0.2) is 74.9 Å². The molecule has 0 fully saturated rings. The number of hydrogen-bond acceptors (Lipinski definition) is 7.